The van der Waals surface area contributed by atoms with Gasteiger partial charge in [0.05, 0.1) is 6.33 Å². The first-order chi connectivity index (χ1) is 20.2. The number of para-hydroxylation sites is 1. The van der Waals surface area contributed by atoms with Crippen molar-refractivity contribution in [1.82, 2.24) is 39.9 Å². The molecule has 4 heterocycles. The third kappa shape index (κ3) is 3.79. The van der Waals surface area contributed by atoms with Crippen LogP contribution in [0.25, 0.3) is 79.0 Å². The number of anilines is 1. The Balaban J connectivity index is 1.53. The molecule has 4 N–H and O–H groups in total. The predicted molar refractivity (Wildman–Crippen MR) is 160 cm³/mol. The van der Waals surface area contributed by atoms with E-state index >= 15 is 0 Å². The predicted octanol–water partition coefficient (Wildman–Crippen LogP) is 6.37. The van der Waals surface area contributed by atoms with Crippen LogP contribution in [0.4, 0.5) is 5.69 Å². The van der Waals surface area contributed by atoms with Crippen molar-refractivity contribution in [3.63, 3.8) is 0 Å². The number of nitrogens with one attached hydrogen (secondary N) is 2. The molecule has 0 saturated carbocycles. The summed E-state index contributed by atoms with van der Waals surface area (Å²) in [5.41, 5.74) is 12.5. The summed E-state index contributed by atoms with van der Waals surface area (Å²) in [7, 11) is 0. The summed E-state index contributed by atoms with van der Waals surface area (Å²) < 4.78 is 0. The van der Waals surface area contributed by atoms with E-state index in [1.807, 2.05) is 97.1 Å². The van der Waals surface area contributed by atoms with Crippen LogP contribution in [0.15, 0.2) is 103 Å². The molecule has 2 aliphatic heterocycles. The first kappa shape index (κ1) is 23.0. The smallest absolute Gasteiger partial charge is 0.164 e. The quantitative estimate of drug-likeness (QED) is 0.209. The Morgan fingerprint density at radius 2 is 0.927 bits per heavy atom. The molecular weight excluding hydrogens is 510 g/mol. The van der Waals surface area contributed by atoms with Gasteiger partial charge in [-0.2, -0.15) is 0 Å². The maximum atomic E-state index is 6.37. The van der Waals surface area contributed by atoms with Gasteiger partial charge >= 0.3 is 0 Å². The Labute approximate surface area is 233 Å². The van der Waals surface area contributed by atoms with Crippen LogP contribution in [-0.2, 0) is 0 Å². The number of aromatic nitrogens is 8. The minimum absolute atomic E-state index is 0.502. The molecule has 0 saturated heterocycles. The second-order valence-electron chi connectivity index (χ2n) is 9.65. The first-order valence-corrected chi connectivity index (χ1v) is 13.1. The van der Waals surface area contributed by atoms with E-state index in [0.29, 0.717) is 46.1 Å². The van der Waals surface area contributed by atoms with Crippen LogP contribution in [0.1, 0.15) is 0 Å². The monoisotopic (exact) mass is 531 g/mol. The Morgan fingerprint density at radius 3 is 1.51 bits per heavy atom. The average molecular weight is 532 g/mol. The molecular formula is C32H21N9. The molecule has 9 heteroatoms. The molecule has 0 aliphatic carbocycles. The maximum absolute atomic E-state index is 6.37. The fourth-order valence-electron chi connectivity index (χ4n) is 5.22. The van der Waals surface area contributed by atoms with Crippen LogP contribution in [0.3, 0.4) is 0 Å². The molecule has 194 valence electrons. The second-order valence-corrected chi connectivity index (χ2v) is 9.65. The van der Waals surface area contributed by atoms with E-state index < -0.39 is 0 Å². The number of H-pyrrole nitrogens is 2. The van der Waals surface area contributed by atoms with Gasteiger partial charge in [-0.25, -0.2) is 29.9 Å². The molecule has 0 fully saturated rings. The van der Waals surface area contributed by atoms with E-state index in [1.165, 1.54) is 0 Å². The summed E-state index contributed by atoms with van der Waals surface area (Å²) in [4.78, 5) is 35.9. The van der Waals surface area contributed by atoms with Crippen molar-refractivity contribution in [2.75, 3.05) is 5.73 Å². The van der Waals surface area contributed by atoms with Crippen LogP contribution in [0.2, 0.25) is 0 Å². The van der Waals surface area contributed by atoms with Gasteiger partial charge < -0.3 is 15.7 Å². The lowest BCUT2D eigenvalue weighted by Gasteiger charge is -2.03. The minimum atomic E-state index is 0.502. The first-order valence-electron chi connectivity index (χ1n) is 13.1. The van der Waals surface area contributed by atoms with E-state index in [0.717, 1.165) is 38.6 Å². The molecule has 41 heavy (non-hydrogen) atoms. The van der Waals surface area contributed by atoms with Gasteiger partial charge in [0.2, 0.25) is 0 Å². The van der Waals surface area contributed by atoms with Crippen molar-refractivity contribution in [3.05, 3.63) is 103 Å². The minimum Gasteiger partial charge on any atom is -0.398 e. The fourth-order valence-corrected chi connectivity index (χ4v) is 5.22. The largest absolute Gasteiger partial charge is 0.398 e. The summed E-state index contributed by atoms with van der Waals surface area (Å²) in [6, 6.07) is 31.4. The van der Waals surface area contributed by atoms with E-state index in [-0.39, 0.29) is 0 Å². The Kier molecular flexibility index (Phi) is 5.08. The molecule has 0 spiro atoms. The number of nitrogens with two attached hydrogens (primary N) is 1. The molecule has 2 aromatic heterocycles. The molecule has 2 aliphatic rings. The van der Waals surface area contributed by atoms with Gasteiger partial charge in [0.15, 0.2) is 23.3 Å². The van der Waals surface area contributed by atoms with Crippen LogP contribution in [-0.4, -0.2) is 39.9 Å². The Bertz CT molecular complexity index is 2190. The lowest BCUT2D eigenvalue weighted by molar-refractivity contribution is 1.11. The van der Waals surface area contributed by atoms with Gasteiger partial charge in [0.1, 0.15) is 17.1 Å². The zero-order valence-corrected chi connectivity index (χ0v) is 21.6. The van der Waals surface area contributed by atoms with Crippen molar-refractivity contribution >= 4 is 27.8 Å². The van der Waals surface area contributed by atoms with E-state index in [9.17, 15) is 0 Å². The molecule has 0 unspecified atom stereocenters. The number of rotatable bonds is 1. The highest BCUT2D eigenvalue weighted by atomic mass is 15.0. The molecule has 9 nitrogen and oxygen atoms in total. The van der Waals surface area contributed by atoms with Crippen molar-refractivity contribution in [3.8, 4) is 56.9 Å². The number of benzene rings is 4. The molecule has 6 bridgehead atoms. The lowest BCUT2D eigenvalue weighted by atomic mass is 10.1. The van der Waals surface area contributed by atoms with Gasteiger partial charge in [-0.15, -0.1) is 0 Å². The van der Waals surface area contributed by atoms with E-state index in [4.69, 9.17) is 30.7 Å². The third-order valence-corrected chi connectivity index (χ3v) is 7.17. The number of fused-ring (bicyclic) bond motifs is 15. The zero-order valence-electron chi connectivity index (χ0n) is 21.6. The molecule has 8 rings (SSSR count). The second kappa shape index (κ2) is 9.06. The number of hydrogen-bond acceptors (Lipinski definition) is 7. The summed E-state index contributed by atoms with van der Waals surface area (Å²) in [6.45, 7) is 0. The van der Waals surface area contributed by atoms with E-state index in [2.05, 4.69) is 15.0 Å². The van der Waals surface area contributed by atoms with Crippen LogP contribution < -0.4 is 5.73 Å². The summed E-state index contributed by atoms with van der Waals surface area (Å²) >= 11 is 0. The number of aromatic amines is 2. The highest BCUT2D eigenvalue weighted by molar-refractivity contribution is 6.04. The Hall–Kier alpha value is -5.96. The summed E-state index contributed by atoms with van der Waals surface area (Å²) in [5, 5.41) is 1.87. The maximum Gasteiger partial charge on any atom is 0.164 e. The average Bonchev–Trinajstić information content (AvgIpc) is 3.65. The van der Waals surface area contributed by atoms with Crippen molar-refractivity contribution < 1.29 is 0 Å². The Morgan fingerprint density at radius 1 is 0.463 bits per heavy atom. The highest BCUT2D eigenvalue weighted by Gasteiger charge is 2.21. The van der Waals surface area contributed by atoms with Gasteiger partial charge in [-0.05, 0) is 12.1 Å². The van der Waals surface area contributed by atoms with Gasteiger partial charge in [0, 0.05) is 44.3 Å². The SMILES string of the molecule is Nc1ccccc1-c1nc2nc(nc3[nH]c(nc4nc(nc[nH]1)-c1ccccc1-4)c1ccccc31)-c1ccccc1-2. The zero-order chi connectivity index (χ0) is 27.3. The number of hydrogen-bond donors (Lipinski definition) is 3. The number of nitrogens with zero attached hydrogens (tertiary/aromatic N) is 6. The molecule has 0 atom stereocenters. The van der Waals surface area contributed by atoms with Crippen molar-refractivity contribution in [1.29, 1.82) is 0 Å². The third-order valence-electron chi connectivity index (χ3n) is 7.17. The topological polar surface area (TPSA) is 135 Å². The van der Waals surface area contributed by atoms with Gasteiger partial charge in [-0.3, -0.25) is 0 Å². The molecule has 0 amide bonds. The van der Waals surface area contributed by atoms with Gasteiger partial charge in [0.25, 0.3) is 0 Å². The molecule has 0 radical (unpaired) electrons. The lowest BCUT2D eigenvalue weighted by Crippen LogP contribution is -1.94. The van der Waals surface area contributed by atoms with Crippen LogP contribution in [0, 0.1) is 0 Å². The summed E-state index contributed by atoms with van der Waals surface area (Å²) in [5.74, 6) is 2.68. The van der Waals surface area contributed by atoms with Crippen molar-refractivity contribution in [2.24, 2.45) is 0 Å². The van der Waals surface area contributed by atoms with Crippen molar-refractivity contribution in [2.45, 2.75) is 0 Å². The van der Waals surface area contributed by atoms with E-state index in [1.54, 1.807) is 6.33 Å². The normalized spacial score (nSPS) is 11.5. The summed E-state index contributed by atoms with van der Waals surface area (Å²) in [6.07, 6.45) is 1.58. The fraction of sp³-hybridized carbons (Fsp3) is 0. The molecule has 4 aromatic carbocycles. The van der Waals surface area contributed by atoms with Crippen LogP contribution >= 0.6 is 0 Å². The van der Waals surface area contributed by atoms with Gasteiger partial charge in [-0.1, -0.05) is 84.9 Å². The number of nitrogen functional groups attached to an aromatic ring is 1. The molecule has 6 aromatic rings. The highest BCUT2D eigenvalue weighted by Crippen LogP contribution is 2.35. The standard InChI is InChI=1S/C32H21N9/c33-25-16-8-7-15-24(25)27-35-17-34-26-18-9-1-2-10-19(18)28(36-26)38-31-22-13-5-6-14-23(22)32(41-31)40-30-21-12-4-3-11-20(21)29(37-27)39-30/h1-17H,33H2,(H2,34,35,36,37,38,39,40,41). The van der Waals surface area contributed by atoms with Crippen LogP contribution in [0.5, 0.6) is 0 Å².